The Morgan fingerprint density at radius 2 is 1.97 bits per heavy atom. The third-order valence-corrected chi connectivity index (χ3v) is 4.83. The van der Waals surface area contributed by atoms with Crippen molar-refractivity contribution in [2.24, 2.45) is 0 Å². The fraction of sp³-hybridized carbons (Fsp3) is 0.346. The van der Waals surface area contributed by atoms with Crippen LogP contribution in [0.5, 0.6) is 5.75 Å². The molecule has 1 aliphatic carbocycles. The van der Waals surface area contributed by atoms with Gasteiger partial charge in [-0.25, -0.2) is 4.98 Å². The van der Waals surface area contributed by atoms with Crippen LogP contribution in [0.4, 0.5) is 23.1 Å². The van der Waals surface area contributed by atoms with Crippen molar-refractivity contribution in [3.8, 4) is 5.75 Å². The number of nitrogens with one attached hydrogen (secondary N) is 2. The molecule has 3 N–H and O–H groups in total. The van der Waals surface area contributed by atoms with Crippen LogP contribution in [-0.2, 0) is 28.5 Å². The summed E-state index contributed by atoms with van der Waals surface area (Å²) >= 11 is 0.611. The van der Waals surface area contributed by atoms with Crippen LogP contribution in [0.1, 0.15) is 56.9 Å². The van der Waals surface area contributed by atoms with Crippen molar-refractivity contribution in [3.05, 3.63) is 71.8 Å². The van der Waals surface area contributed by atoms with Crippen LogP contribution in [0.3, 0.4) is 0 Å². The molecule has 0 bridgehead atoms. The van der Waals surface area contributed by atoms with Crippen molar-refractivity contribution < 1.29 is 31.9 Å². The van der Waals surface area contributed by atoms with Crippen molar-refractivity contribution in [2.75, 3.05) is 10.6 Å². The first-order valence-corrected chi connectivity index (χ1v) is 12.2. The molecule has 8 heteroatoms. The molecule has 1 atom stereocenters. The average Bonchev–Trinajstić information content (AvgIpc) is 3.18. The number of aromatic nitrogens is 2. The summed E-state index contributed by atoms with van der Waals surface area (Å²) in [5, 5.41) is 16.8. The van der Waals surface area contributed by atoms with Crippen molar-refractivity contribution in [1.82, 2.24) is 9.97 Å². The molecule has 0 amide bonds. The Labute approximate surface area is 212 Å². The molecule has 1 aromatic heterocycles. The van der Waals surface area contributed by atoms with Gasteiger partial charge < -0.3 is 26.9 Å². The predicted octanol–water partition coefficient (Wildman–Crippen LogP) is 5.95. The molecule has 1 aliphatic rings. The van der Waals surface area contributed by atoms with Gasteiger partial charge in [0.25, 0.3) is 0 Å². The third-order valence-electron chi connectivity index (χ3n) is 4.83. The minimum absolute atomic E-state index is 0.0321. The van der Waals surface area contributed by atoms with Crippen molar-refractivity contribution in [2.45, 2.75) is 59.7 Å². The van der Waals surface area contributed by atoms with Gasteiger partial charge in [0.2, 0.25) is 5.95 Å². The number of nitrogens with zero attached hydrogens (tertiary/aromatic N) is 2. The zero-order valence-corrected chi connectivity index (χ0v) is 22.7. The molecule has 7 nitrogen and oxygen atoms in total. The third kappa shape index (κ3) is 7.68. The van der Waals surface area contributed by atoms with E-state index in [9.17, 15) is 5.11 Å². The number of hydrogen-bond donors (Lipinski definition) is 3. The van der Waals surface area contributed by atoms with E-state index in [0.29, 0.717) is 30.3 Å². The summed E-state index contributed by atoms with van der Waals surface area (Å²) in [6, 6.07) is 14.8. The Kier molecular flexibility index (Phi) is 11.3. The monoisotopic (exact) mass is 640 g/mol. The second-order valence-corrected chi connectivity index (χ2v) is 8.10. The molecule has 0 saturated carbocycles. The summed E-state index contributed by atoms with van der Waals surface area (Å²) in [6.07, 6.45) is 4.95. The quantitative estimate of drug-likeness (QED) is 0.287. The Balaban J connectivity index is 0.000000758. The zero-order valence-electron chi connectivity index (χ0n) is 20.2. The molecule has 1 heterocycles. The van der Waals surface area contributed by atoms with Gasteiger partial charge >= 0.3 is 22.1 Å². The van der Waals surface area contributed by atoms with Gasteiger partial charge in [0.15, 0.2) is 0 Å². The average molecular weight is 639 g/mol. The van der Waals surface area contributed by atoms with E-state index in [-0.39, 0.29) is 6.10 Å². The molecule has 0 spiro atoms. The molecular formula is C26H32N4O3Os-2. The van der Waals surface area contributed by atoms with Crippen LogP contribution < -0.4 is 15.4 Å². The van der Waals surface area contributed by atoms with Crippen molar-refractivity contribution in [1.29, 1.82) is 0 Å². The topological polar surface area (TPSA) is 96.4 Å². The standard InChI is InChI=1S/C23H25N4O2.C3H7.O.Os/c1-14(2)29-21-11-16-9-10-20(28)18(16)12-19(21)26-23-24-13-15(3)22(27-23)25-17-7-5-4-6-8-17;1-3-2;;/h4-7,11-14,20,28H,9-10H2,1-3H3,(H2,24,25,26,27);3H,1-2H3;;/q2*-1;;. The van der Waals surface area contributed by atoms with E-state index in [2.05, 4.69) is 26.7 Å². The molecule has 0 saturated heterocycles. The van der Waals surface area contributed by atoms with E-state index < -0.39 is 6.10 Å². The first-order chi connectivity index (χ1) is 16.4. The summed E-state index contributed by atoms with van der Waals surface area (Å²) in [7, 11) is 0. The summed E-state index contributed by atoms with van der Waals surface area (Å²) in [4.78, 5) is 9.04. The number of aryl methyl sites for hydroxylation is 2. The van der Waals surface area contributed by atoms with E-state index in [1.807, 2.05) is 77.4 Å². The van der Waals surface area contributed by atoms with E-state index in [0.717, 1.165) is 46.7 Å². The maximum absolute atomic E-state index is 10.3. The summed E-state index contributed by atoms with van der Waals surface area (Å²) in [5.41, 5.74) is 4.58. The second kappa shape index (κ2) is 13.9. The molecule has 3 aromatic rings. The SMILES string of the molecule is C[CH-]C.Cc1cnc(Nc2cc3c(cc2OC(C)C)CCC3O)nc1Nc1[c-]cccc1.[O]=[Os]. The van der Waals surface area contributed by atoms with Crippen molar-refractivity contribution >= 4 is 23.1 Å². The van der Waals surface area contributed by atoms with E-state index >= 15 is 0 Å². The second-order valence-electron chi connectivity index (χ2n) is 8.10. The predicted molar refractivity (Wildman–Crippen MR) is 130 cm³/mol. The van der Waals surface area contributed by atoms with Gasteiger partial charge in [0.05, 0.1) is 17.9 Å². The molecule has 4 rings (SSSR count). The fourth-order valence-electron chi connectivity index (χ4n) is 3.41. The number of benzene rings is 2. The van der Waals surface area contributed by atoms with E-state index in [1.54, 1.807) is 6.20 Å². The molecule has 0 fully saturated rings. The molecular weight excluding hydrogens is 607 g/mol. The first-order valence-electron chi connectivity index (χ1n) is 11.2. The molecule has 34 heavy (non-hydrogen) atoms. The number of rotatable bonds is 6. The zero-order chi connectivity index (χ0) is 25.1. The van der Waals surface area contributed by atoms with Crippen LogP contribution in [0.2, 0.25) is 0 Å². The van der Waals surface area contributed by atoms with Crippen LogP contribution in [0.15, 0.2) is 42.6 Å². The maximum atomic E-state index is 10.3. The van der Waals surface area contributed by atoms with Crippen LogP contribution >= 0.6 is 0 Å². The summed E-state index contributed by atoms with van der Waals surface area (Å²) in [5.74, 6) is 1.90. The van der Waals surface area contributed by atoms with Crippen LogP contribution in [0.25, 0.3) is 0 Å². The van der Waals surface area contributed by atoms with Gasteiger partial charge in [-0.1, -0.05) is 5.69 Å². The molecule has 2 aromatic carbocycles. The van der Waals surface area contributed by atoms with Gasteiger partial charge in [-0.2, -0.15) is 43.1 Å². The molecule has 0 radical (unpaired) electrons. The Bertz CT molecular complexity index is 1050. The fourth-order valence-corrected chi connectivity index (χ4v) is 3.41. The molecule has 1 unspecified atom stereocenters. The van der Waals surface area contributed by atoms with Crippen LogP contribution in [0, 0.1) is 19.4 Å². The molecule has 184 valence electrons. The summed E-state index contributed by atoms with van der Waals surface area (Å²) in [6.45, 7) is 9.94. The van der Waals surface area contributed by atoms with Gasteiger partial charge in [-0.05, 0) is 56.9 Å². The minimum atomic E-state index is -0.441. The van der Waals surface area contributed by atoms with Crippen LogP contribution in [-0.4, -0.2) is 21.2 Å². The Hall–Kier alpha value is -2.68. The number of aliphatic hydroxyl groups is 1. The summed E-state index contributed by atoms with van der Waals surface area (Å²) < 4.78 is 14.3. The number of aliphatic hydroxyl groups excluding tert-OH is 1. The van der Waals surface area contributed by atoms with Gasteiger partial charge in [-0.15, -0.1) is 6.07 Å². The number of para-hydroxylation sites is 1. The number of hydrogen-bond acceptors (Lipinski definition) is 7. The van der Waals surface area contributed by atoms with Gasteiger partial charge in [0.1, 0.15) is 11.6 Å². The number of ether oxygens (including phenoxy) is 1. The van der Waals surface area contributed by atoms with E-state index in [4.69, 9.17) is 8.28 Å². The molecule has 0 aliphatic heterocycles. The Morgan fingerprint density at radius 3 is 2.62 bits per heavy atom. The van der Waals surface area contributed by atoms with Gasteiger partial charge in [-0.3, -0.25) is 0 Å². The number of anilines is 4. The van der Waals surface area contributed by atoms with Gasteiger partial charge in [0, 0.05) is 11.8 Å². The first kappa shape index (κ1) is 27.6. The number of fused-ring (bicyclic) bond motifs is 1. The normalized spacial score (nSPS) is 13.7. The van der Waals surface area contributed by atoms with Crippen molar-refractivity contribution in [3.63, 3.8) is 0 Å². The van der Waals surface area contributed by atoms with E-state index in [1.165, 1.54) is 0 Å². The Morgan fingerprint density at radius 1 is 1.24 bits per heavy atom.